The molecule has 1 aliphatic rings. The first-order valence-corrected chi connectivity index (χ1v) is 9.50. The van der Waals surface area contributed by atoms with Gasteiger partial charge in [-0.25, -0.2) is 0 Å². The summed E-state index contributed by atoms with van der Waals surface area (Å²) in [5.41, 5.74) is 5.70. The van der Waals surface area contributed by atoms with Crippen LogP contribution in [-0.2, 0) is 0 Å². The van der Waals surface area contributed by atoms with Gasteiger partial charge in [0.05, 0.1) is 0 Å². The normalized spacial score (nSPS) is 14.2. The lowest BCUT2D eigenvalue weighted by Gasteiger charge is -2.32. The minimum atomic E-state index is 0.524. The highest BCUT2D eigenvalue weighted by molar-refractivity contribution is 5.66. The predicted octanol–water partition coefficient (Wildman–Crippen LogP) is 6.94. The maximum Gasteiger partial charge on any atom is 0.0481 e. The van der Waals surface area contributed by atoms with Crippen LogP contribution >= 0.6 is 0 Å². The van der Waals surface area contributed by atoms with E-state index in [-0.39, 0.29) is 0 Å². The lowest BCUT2D eigenvalue weighted by molar-refractivity contribution is 0.749. The second kappa shape index (κ2) is 8.92. The summed E-state index contributed by atoms with van der Waals surface area (Å²) < 4.78 is 0. The largest absolute Gasteiger partial charge is 0.341 e. The number of hydrogen-bond acceptors (Lipinski definition) is 1. The first-order valence-electron chi connectivity index (χ1n) is 9.50. The smallest absolute Gasteiger partial charge is 0.0481 e. The van der Waals surface area contributed by atoms with Gasteiger partial charge in [0, 0.05) is 17.9 Å². The molecular formula is C23H33N. The average Bonchev–Trinajstić information content (AvgIpc) is 2.84. The van der Waals surface area contributed by atoms with Crippen molar-refractivity contribution in [3.63, 3.8) is 0 Å². The number of allylic oxidation sites excluding steroid dienone is 5. The number of unbranched alkanes of at least 4 members (excludes halogenated alkanes) is 1. The van der Waals surface area contributed by atoms with Crippen LogP contribution in [0.25, 0.3) is 0 Å². The van der Waals surface area contributed by atoms with E-state index in [1.165, 1.54) is 35.4 Å². The Balaban J connectivity index is 2.58. The Hall–Kier alpha value is -1.76. The lowest BCUT2D eigenvalue weighted by atomic mass is 9.91. The second-order valence-electron chi connectivity index (χ2n) is 7.25. The minimum Gasteiger partial charge on any atom is -0.341 e. The van der Waals surface area contributed by atoms with Crippen molar-refractivity contribution in [3.8, 4) is 0 Å². The molecule has 2 rings (SSSR count). The van der Waals surface area contributed by atoms with Crippen LogP contribution in [0, 0.1) is 0 Å². The first-order chi connectivity index (χ1) is 11.6. The quantitative estimate of drug-likeness (QED) is 0.525. The highest BCUT2D eigenvalue weighted by atomic mass is 15.1. The molecule has 1 aromatic rings. The summed E-state index contributed by atoms with van der Waals surface area (Å²) in [7, 11) is 0. The van der Waals surface area contributed by atoms with Gasteiger partial charge in [-0.2, -0.15) is 0 Å². The average molecular weight is 324 g/mol. The van der Waals surface area contributed by atoms with Gasteiger partial charge in [0.25, 0.3) is 0 Å². The molecule has 0 N–H and O–H groups in total. The molecule has 0 unspecified atom stereocenters. The lowest BCUT2D eigenvalue weighted by Crippen LogP contribution is -2.26. The van der Waals surface area contributed by atoms with E-state index in [0.29, 0.717) is 11.8 Å². The van der Waals surface area contributed by atoms with E-state index in [4.69, 9.17) is 0 Å². The number of benzene rings is 1. The van der Waals surface area contributed by atoms with Crippen molar-refractivity contribution in [2.24, 2.45) is 0 Å². The maximum atomic E-state index is 2.57. The van der Waals surface area contributed by atoms with Gasteiger partial charge < -0.3 is 4.90 Å². The first kappa shape index (κ1) is 18.6. The van der Waals surface area contributed by atoms with E-state index in [1.807, 2.05) is 0 Å². The molecule has 1 aromatic carbocycles. The Kier molecular flexibility index (Phi) is 6.90. The molecule has 0 aromatic heterocycles. The van der Waals surface area contributed by atoms with Crippen molar-refractivity contribution >= 4 is 5.69 Å². The summed E-state index contributed by atoms with van der Waals surface area (Å²) in [5.74, 6) is 1.05. The third-order valence-corrected chi connectivity index (χ3v) is 4.64. The zero-order valence-electron chi connectivity index (χ0n) is 16.0. The van der Waals surface area contributed by atoms with Gasteiger partial charge in [0.15, 0.2) is 0 Å². The standard InChI is InChI=1S/C23H33N/c1-6-7-17-24(20-13-10-8-9-11-14-20)23-21(18(2)3)15-12-16-22(23)19(4)5/h8-10,12-16,18-19H,6-7,11,17H2,1-5H3. The molecule has 0 saturated heterocycles. The molecule has 0 aliphatic heterocycles. The Bertz CT molecular complexity index is 591. The molecule has 1 aliphatic carbocycles. The Morgan fingerprint density at radius 2 is 1.67 bits per heavy atom. The van der Waals surface area contributed by atoms with Gasteiger partial charge in [-0.05, 0) is 41.9 Å². The number of anilines is 1. The van der Waals surface area contributed by atoms with Crippen LogP contribution in [0.5, 0.6) is 0 Å². The number of rotatable bonds is 7. The molecular weight excluding hydrogens is 290 g/mol. The second-order valence-corrected chi connectivity index (χ2v) is 7.25. The summed E-state index contributed by atoms with van der Waals surface area (Å²) >= 11 is 0. The van der Waals surface area contributed by atoms with Gasteiger partial charge in [-0.1, -0.05) is 83.5 Å². The van der Waals surface area contributed by atoms with Crippen LogP contribution in [0.1, 0.15) is 76.8 Å². The van der Waals surface area contributed by atoms with Crippen molar-refractivity contribution in [2.75, 3.05) is 11.4 Å². The van der Waals surface area contributed by atoms with E-state index in [1.54, 1.807) is 0 Å². The van der Waals surface area contributed by atoms with Crippen LogP contribution in [-0.4, -0.2) is 6.54 Å². The molecule has 0 atom stereocenters. The van der Waals surface area contributed by atoms with E-state index in [0.717, 1.165) is 13.0 Å². The molecule has 0 radical (unpaired) electrons. The van der Waals surface area contributed by atoms with Crippen molar-refractivity contribution in [1.29, 1.82) is 0 Å². The number of para-hydroxylation sites is 1. The fourth-order valence-corrected chi connectivity index (χ4v) is 3.28. The number of hydrogen-bond donors (Lipinski definition) is 0. The van der Waals surface area contributed by atoms with Crippen molar-refractivity contribution in [1.82, 2.24) is 0 Å². The summed E-state index contributed by atoms with van der Waals surface area (Å²) in [6.07, 6.45) is 14.6. The highest BCUT2D eigenvalue weighted by Gasteiger charge is 2.21. The molecule has 0 bridgehead atoms. The topological polar surface area (TPSA) is 3.24 Å². The summed E-state index contributed by atoms with van der Waals surface area (Å²) in [6, 6.07) is 6.85. The summed E-state index contributed by atoms with van der Waals surface area (Å²) in [5, 5.41) is 0. The third-order valence-electron chi connectivity index (χ3n) is 4.64. The molecule has 0 heterocycles. The third kappa shape index (κ3) is 4.41. The van der Waals surface area contributed by atoms with Crippen LogP contribution in [0.3, 0.4) is 0 Å². The van der Waals surface area contributed by atoms with Gasteiger partial charge in [-0.3, -0.25) is 0 Å². The number of nitrogens with zero attached hydrogens (tertiary/aromatic N) is 1. The van der Waals surface area contributed by atoms with Gasteiger partial charge >= 0.3 is 0 Å². The molecule has 0 amide bonds. The molecule has 1 nitrogen and oxygen atoms in total. The Morgan fingerprint density at radius 1 is 1.00 bits per heavy atom. The zero-order valence-corrected chi connectivity index (χ0v) is 16.0. The van der Waals surface area contributed by atoms with Crippen LogP contribution in [0.2, 0.25) is 0 Å². The fourth-order valence-electron chi connectivity index (χ4n) is 3.28. The molecule has 1 heteroatoms. The van der Waals surface area contributed by atoms with Crippen LogP contribution < -0.4 is 4.90 Å². The summed E-state index contributed by atoms with van der Waals surface area (Å²) in [4.78, 5) is 2.57. The molecule has 130 valence electrons. The highest BCUT2D eigenvalue weighted by Crippen LogP contribution is 2.37. The Morgan fingerprint density at radius 3 is 2.25 bits per heavy atom. The van der Waals surface area contributed by atoms with Crippen molar-refractivity contribution in [2.45, 2.75) is 65.7 Å². The van der Waals surface area contributed by atoms with Crippen molar-refractivity contribution < 1.29 is 0 Å². The van der Waals surface area contributed by atoms with Gasteiger partial charge in [-0.15, -0.1) is 0 Å². The minimum absolute atomic E-state index is 0.524. The summed E-state index contributed by atoms with van der Waals surface area (Å²) in [6.45, 7) is 12.6. The SMILES string of the molecule is CCCCN(C1=CCC=CC=C1)c1c(C(C)C)cccc1C(C)C. The van der Waals surface area contributed by atoms with Crippen LogP contribution in [0.15, 0.2) is 54.3 Å². The van der Waals surface area contributed by atoms with E-state index in [9.17, 15) is 0 Å². The molecule has 24 heavy (non-hydrogen) atoms. The van der Waals surface area contributed by atoms with E-state index >= 15 is 0 Å². The van der Waals surface area contributed by atoms with Gasteiger partial charge in [0.2, 0.25) is 0 Å². The van der Waals surface area contributed by atoms with Crippen LogP contribution in [0.4, 0.5) is 5.69 Å². The van der Waals surface area contributed by atoms with Gasteiger partial charge in [0.1, 0.15) is 0 Å². The zero-order chi connectivity index (χ0) is 17.5. The Labute approximate surface area is 148 Å². The predicted molar refractivity (Wildman–Crippen MR) is 108 cm³/mol. The van der Waals surface area contributed by atoms with E-state index in [2.05, 4.69) is 88.1 Å². The fraction of sp³-hybridized carbons (Fsp3) is 0.478. The molecule has 0 spiro atoms. The maximum absolute atomic E-state index is 2.57. The monoisotopic (exact) mass is 323 g/mol. The van der Waals surface area contributed by atoms with Crippen molar-refractivity contribution in [3.05, 3.63) is 65.4 Å². The molecule has 0 saturated carbocycles. The van der Waals surface area contributed by atoms with E-state index < -0.39 is 0 Å². The molecule has 0 fully saturated rings.